The van der Waals surface area contributed by atoms with Crippen molar-refractivity contribution in [1.82, 2.24) is 4.90 Å². The zero-order valence-electron chi connectivity index (χ0n) is 8.42. The number of hydrogen-bond acceptors (Lipinski definition) is 1. The fourth-order valence-corrected chi connectivity index (χ4v) is 1.87. The van der Waals surface area contributed by atoms with E-state index >= 15 is 0 Å². The number of hydrogen-bond donors (Lipinski definition) is 0. The minimum Gasteiger partial charge on any atom is -0.338 e. The maximum atomic E-state index is 11.8. The number of nitrogens with zero attached hydrogens (tertiary/aromatic N) is 1. The Labute approximate surface area is 79.6 Å². The number of amides is 1. The maximum Gasteiger partial charge on any atom is 0.226 e. The molecule has 1 amide bonds. The molecular formula is C11H17NO. The average Bonchev–Trinajstić information content (AvgIpc) is 2.83. The third-order valence-electron chi connectivity index (χ3n) is 3.17. The lowest BCUT2D eigenvalue weighted by Crippen LogP contribution is -2.35. The van der Waals surface area contributed by atoms with Crippen molar-refractivity contribution in [3.63, 3.8) is 0 Å². The highest BCUT2D eigenvalue weighted by Gasteiger charge is 2.41. The second kappa shape index (κ2) is 3.17. The first-order valence-electron chi connectivity index (χ1n) is 5.13. The van der Waals surface area contributed by atoms with Gasteiger partial charge < -0.3 is 4.90 Å². The Morgan fingerprint density at radius 3 is 2.77 bits per heavy atom. The van der Waals surface area contributed by atoms with Gasteiger partial charge in [0.15, 0.2) is 0 Å². The molecule has 2 heteroatoms. The standard InChI is InChI=1S/C11H17NO/c1-8-3-5-12(6-4-8)11(13)10-7-9(10)2/h3,9-10H,4-7H2,1-2H3/t9-,10-/m1/s1. The second-order valence-electron chi connectivity index (χ2n) is 4.40. The summed E-state index contributed by atoms with van der Waals surface area (Å²) in [5, 5.41) is 0. The van der Waals surface area contributed by atoms with Crippen molar-refractivity contribution < 1.29 is 4.79 Å². The van der Waals surface area contributed by atoms with Crippen molar-refractivity contribution in [3.8, 4) is 0 Å². The summed E-state index contributed by atoms with van der Waals surface area (Å²) in [6, 6.07) is 0. The second-order valence-corrected chi connectivity index (χ2v) is 4.40. The lowest BCUT2D eigenvalue weighted by Gasteiger charge is -2.25. The van der Waals surface area contributed by atoms with E-state index in [2.05, 4.69) is 19.9 Å². The van der Waals surface area contributed by atoms with Crippen molar-refractivity contribution >= 4 is 5.91 Å². The van der Waals surface area contributed by atoms with Crippen LogP contribution in [0.4, 0.5) is 0 Å². The van der Waals surface area contributed by atoms with E-state index in [0.29, 0.717) is 17.7 Å². The van der Waals surface area contributed by atoms with Crippen LogP contribution in [-0.4, -0.2) is 23.9 Å². The van der Waals surface area contributed by atoms with Crippen LogP contribution in [0, 0.1) is 11.8 Å². The summed E-state index contributed by atoms with van der Waals surface area (Å²) in [4.78, 5) is 13.8. The minimum atomic E-state index is 0.354. The van der Waals surface area contributed by atoms with E-state index in [1.807, 2.05) is 4.90 Å². The topological polar surface area (TPSA) is 20.3 Å². The van der Waals surface area contributed by atoms with Gasteiger partial charge in [-0.3, -0.25) is 4.79 Å². The monoisotopic (exact) mass is 179 g/mol. The molecule has 13 heavy (non-hydrogen) atoms. The van der Waals surface area contributed by atoms with E-state index in [1.165, 1.54) is 5.57 Å². The van der Waals surface area contributed by atoms with Crippen LogP contribution in [0.2, 0.25) is 0 Å². The molecular weight excluding hydrogens is 162 g/mol. The highest BCUT2D eigenvalue weighted by atomic mass is 16.2. The molecule has 1 fully saturated rings. The Morgan fingerprint density at radius 2 is 2.31 bits per heavy atom. The molecule has 0 N–H and O–H groups in total. The van der Waals surface area contributed by atoms with Gasteiger partial charge in [0.25, 0.3) is 0 Å². The van der Waals surface area contributed by atoms with Crippen LogP contribution in [-0.2, 0) is 4.79 Å². The van der Waals surface area contributed by atoms with E-state index < -0.39 is 0 Å². The number of carbonyl (C=O) groups excluding carboxylic acids is 1. The first-order chi connectivity index (χ1) is 6.18. The molecule has 1 heterocycles. The SMILES string of the molecule is CC1=CCN(C(=O)[C@@H]2C[C@H]2C)CC1. The Bertz CT molecular complexity index is 257. The fourth-order valence-electron chi connectivity index (χ4n) is 1.87. The fraction of sp³-hybridized carbons (Fsp3) is 0.727. The molecule has 72 valence electrons. The third kappa shape index (κ3) is 1.77. The van der Waals surface area contributed by atoms with Crippen LogP contribution < -0.4 is 0 Å². The average molecular weight is 179 g/mol. The lowest BCUT2D eigenvalue weighted by atomic mass is 10.1. The Kier molecular flexibility index (Phi) is 2.14. The van der Waals surface area contributed by atoms with Crippen molar-refractivity contribution in [2.75, 3.05) is 13.1 Å². The minimum absolute atomic E-state index is 0.354. The quantitative estimate of drug-likeness (QED) is 0.562. The molecule has 1 saturated carbocycles. The molecule has 0 saturated heterocycles. The summed E-state index contributed by atoms with van der Waals surface area (Å²) in [7, 11) is 0. The van der Waals surface area contributed by atoms with Crippen LogP contribution >= 0.6 is 0 Å². The van der Waals surface area contributed by atoms with Crippen LogP contribution in [0.1, 0.15) is 26.7 Å². The largest absolute Gasteiger partial charge is 0.338 e. The summed E-state index contributed by atoms with van der Waals surface area (Å²) in [5.74, 6) is 1.38. The van der Waals surface area contributed by atoms with Gasteiger partial charge in [0.1, 0.15) is 0 Å². The van der Waals surface area contributed by atoms with Gasteiger partial charge in [-0.1, -0.05) is 18.6 Å². The highest BCUT2D eigenvalue weighted by molar-refractivity contribution is 5.81. The smallest absolute Gasteiger partial charge is 0.226 e. The molecule has 2 aliphatic rings. The van der Waals surface area contributed by atoms with Crippen LogP contribution in [0.3, 0.4) is 0 Å². The summed E-state index contributed by atoms with van der Waals surface area (Å²) in [6.07, 6.45) is 4.35. The maximum absolute atomic E-state index is 11.8. The van der Waals surface area contributed by atoms with Crippen molar-refractivity contribution in [2.45, 2.75) is 26.7 Å². The van der Waals surface area contributed by atoms with Crippen LogP contribution in [0.25, 0.3) is 0 Å². The van der Waals surface area contributed by atoms with Crippen LogP contribution in [0.5, 0.6) is 0 Å². The molecule has 2 atom stereocenters. The highest BCUT2D eigenvalue weighted by Crippen LogP contribution is 2.39. The van der Waals surface area contributed by atoms with Crippen LogP contribution in [0.15, 0.2) is 11.6 Å². The van der Waals surface area contributed by atoms with E-state index in [-0.39, 0.29) is 0 Å². The molecule has 1 aliphatic carbocycles. The number of carbonyl (C=O) groups is 1. The molecule has 2 rings (SSSR count). The summed E-state index contributed by atoms with van der Waals surface area (Å²) < 4.78 is 0. The predicted octanol–water partition coefficient (Wildman–Crippen LogP) is 1.82. The predicted molar refractivity (Wildman–Crippen MR) is 52.2 cm³/mol. The number of rotatable bonds is 1. The third-order valence-corrected chi connectivity index (χ3v) is 3.17. The first-order valence-corrected chi connectivity index (χ1v) is 5.13. The zero-order valence-corrected chi connectivity index (χ0v) is 8.42. The molecule has 0 radical (unpaired) electrons. The molecule has 0 spiro atoms. The van der Waals surface area contributed by atoms with Crippen molar-refractivity contribution in [3.05, 3.63) is 11.6 Å². The van der Waals surface area contributed by atoms with Crippen molar-refractivity contribution in [1.29, 1.82) is 0 Å². The summed E-state index contributed by atoms with van der Waals surface area (Å²) >= 11 is 0. The summed E-state index contributed by atoms with van der Waals surface area (Å²) in [6.45, 7) is 6.08. The van der Waals surface area contributed by atoms with Gasteiger partial charge in [-0.05, 0) is 25.7 Å². The molecule has 0 unspecified atom stereocenters. The van der Waals surface area contributed by atoms with Gasteiger partial charge in [-0.25, -0.2) is 0 Å². The Morgan fingerprint density at radius 1 is 1.62 bits per heavy atom. The van der Waals surface area contributed by atoms with E-state index in [4.69, 9.17) is 0 Å². The molecule has 0 aromatic rings. The lowest BCUT2D eigenvalue weighted by molar-refractivity contribution is -0.132. The van der Waals surface area contributed by atoms with Gasteiger partial charge in [-0.15, -0.1) is 0 Å². The normalized spacial score (nSPS) is 32.8. The van der Waals surface area contributed by atoms with Gasteiger partial charge in [0.2, 0.25) is 5.91 Å². The van der Waals surface area contributed by atoms with E-state index in [0.717, 1.165) is 25.9 Å². The molecule has 0 aromatic carbocycles. The Balaban J connectivity index is 1.92. The van der Waals surface area contributed by atoms with Gasteiger partial charge in [0.05, 0.1) is 0 Å². The summed E-state index contributed by atoms with van der Waals surface area (Å²) in [5.41, 5.74) is 1.42. The van der Waals surface area contributed by atoms with Gasteiger partial charge in [0, 0.05) is 19.0 Å². The zero-order chi connectivity index (χ0) is 9.42. The first kappa shape index (κ1) is 8.79. The molecule has 0 aromatic heterocycles. The van der Waals surface area contributed by atoms with E-state index in [1.54, 1.807) is 0 Å². The molecule has 2 nitrogen and oxygen atoms in total. The molecule has 1 aliphatic heterocycles. The Hall–Kier alpha value is -0.790. The molecule has 0 bridgehead atoms. The van der Waals surface area contributed by atoms with E-state index in [9.17, 15) is 4.79 Å². The van der Waals surface area contributed by atoms with Crippen molar-refractivity contribution in [2.24, 2.45) is 11.8 Å². The van der Waals surface area contributed by atoms with Gasteiger partial charge >= 0.3 is 0 Å². The van der Waals surface area contributed by atoms with Gasteiger partial charge in [-0.2, -0.15) is 0 Å².